The van der Waals surface area contributed by atoms with Crippen molar-refractivity contribution in [3.8, 4) is 23.3 Å². The SMILES string of the molecule is CCCCS(=O)(=O)N1CC2CN(CCCC(Oc3ccc(OC)c(OC)c3)c3ccc(C#N)cc3)CC(C1)O2. The maximum absolute atomic E-state index is 12.7. The molecule has 39 heavy (non-hydrogen) atoms. The summed E-state index contributed by atoms with van der Waals surface area (Å²) in [4.78, 5) is 2.38. The first-order valence-corrected chi connectivity index (χ1v) is 15.2. The normalized spacial score (nSPS) is 20.7. The van der Waals surface area contributed by atoms with Gasteiger partial charge in [0.25, 0.3) is 0 Å². The van der Waals surface area contributed by atoms with Gasteiger partial charge in [-0.05, 0) is 55.6 Å². The van der Waals surface area contributed by atoms with Crippen LogP contribution in [0.4, 0.5) is 0 Å². The Morgan fingerprint density at radius 3 is 2.31 bits per heavy atom. The van der Waals surface area contributed by atoms with Gasteiger partial charge in [-0.1, -0.05) is 25.5 Å². The Balaban J connectivity index is 1.38. The number of hydrogen-bond acceptors (Lipinski definition) is 8. The van der Waals surface area contributed by atoms with Crippen LogP contribution < -0.4 is 14.2 Å². The van der Waals surface area contributed by atoms with E-state index in [9.17, 15) is 13.7 Å². The van der Waals surface area contributed by atoms with Crippen molar-refractivity contribution in [2.45, 2.75) is 50.9 Å². The second-order valence-electron chi connectivity index (χ2n) is 10.1. The molecule has 2 fully saturated rings. The maximum atomic E-state index is 12.7. The molecule has 3 atom stereocenters. The lowest BCUT2D eigenvalue weighted by Crippen LogP contribution is -2.60. The van der Waals surface area contributed by atoms with Gasteiger partial charge in [0.05, 0.1) is 43.8 Å². The van der Waals surface area contributed by atoms with E-state index in [0.29, 0.717) is 55.4 Å². The van der Waals surface area contributed by atoms with Crippen LogP contribution >= 0.6 is 0 Å². The minimum Gasteiger partial charge on any atom is -0.493 e. The van der Waals surface area contributed by atoms with Gasteiger partial charge in [0.1, 0.15) is 11.9 Å². The van der Waals surface area contributed by atoms with E-state index in [2.05, 4.69) is 11.0 Å². The molecule has 0 N–H and O–H groups in total. The van der Waals surface area contributed by atoms with Crippen molar-refractivity contribution in [1.29, 1.82) is 5.26 Å². The second kappa shape index (κ2) is 13.5. The highest BCUT2D eigenvalue weighted by Gasteiger charge is 2.38. The first-order chi connectivity index (χ1) is 18.8. The van der Waals surface area contributed by atoms with Gasteiger partial charge in [0, 0.05) is 32.2 Å². The summed E-state index contributed by atoms with van der Waals surface area (Å²) in [7, 11) is -0.0345. The number of benzene rings is 2. The molecule has 10 heteroatoms. The standard InChI is InChI=1S/C29H39N3O6S/c1-4-5-15-39(33,34)32-20-25-18-31(19-26(21-32)37-25)14-6-7-27(23-10-8-22(17-30)9-11-23)38-24-12-13-28(35-2)29(16-24)36-3/h8-13,16,25-27H,4-7,14-15,18-21H2,1-3H3. The van der Waals surface area contributed by atoms with E-state index in [0.717, 1.165) is 31.4 Å². The minimum absolute atomic E-state index is 0.105. The smallest absolute Gasteiger partial charge is 0.214 e. The number of fused-ring (bicyclic) bond motifs is 2. The topological polar surface area (TPSA) is 101 Å². The average molecular weight is 558 g/mol. The molecule has 3 unspecified atom stereocenters. The molecule has 0 aromatic heterocycles. The Morgan fingerprint density at radius 1 is 1.00 bits per heavy atom. The lowest BCUT2D eigenvalue weighted by molar-refractivity contribution is -0.122. The van der Waals surface area contributed by atoms with Gasteiger partial charge in [-0.2, -0.15) is 9.57 Å². The Bertz CT molecular complexity index is 1220. The summed E-state index contributed by atoms with van der Waals surface area (Å²) in [5, 5.41) is 9.20. The van der Waals surface area contributed by atoms with Crippen molar-refractivity contribution in [1.82, 2.24) is 9.21 Å². The lowest BCUT2D eigenvalue weighted by atomic mass is 10.0. The van der Waals surface area contributed by atoms with Crippen molar-refractivity contribution in [3.63, 3.8) is 0 Å². The largest absolute Gasteiger partial charge is 0.493 e. The van der Waals surface area contributed by atoms with Crippen LogP contribution in [-0.2, 0) is 14.8 Å². The van der Waals surface area contributed by atoms with Crippen LogP contribution in [-0.4, -0.2) is 82.5 Å². The van der Waals surface area contributed by atoms with E-state index in [1.807, 2.05) is 49.4 Å². The lowest BCUT2D eigenvalue weighted by Gasteiger charge is -2.45. The van der Waals surface area contributed by atoms with E-state index in [1.165, 1.54) is 0 Å². The van der Waals surface area contributed by atoms with Gasteiger partial charge in [-0.15, -0.1) is 0 Å². The van der Waals surface area contributed by atoms with Crippen LogP contribution in [0.25, 0.3) is 0 Å². The van der Waals surface area contributed by atoms with E-state index in [1.54, 1.807) is 18.5 Å². The summed E-state index contributed by atoms with van der Waals surface area (Å²) in [6.45, 7) is 5.15. The molecular formula is C29H39N3O6S. The molecule has 2 heterocycles. The number of methoxy groups -OCH3 is 2. The molecule has 0 radical (unpaired) electrons. The fraction of sp³-hybridized carbons (Fsp3) is 0.552. The monoisotopic (exact) mass is 557 g/mol. The summed E-state index contributed by atoms with van der Waals surface area (Å²) in [5.74, 6) is 2.12. The first kappa shape index (κ1) is 29.2. The molecule has 212 valence electrons. The van der Waals surface area contributed by atoms with E-state index in [-0.39, 0.29) is 24.1 Å². The molecular weight excluding hydrogens is 518 g/mol. The third kappa shape index (κ3) is 7.63. The zero-order chi connectivity index (χ0) is 27.8. The highest BCUT2D eigenvalue weighted by atomic mass is 32.2. The molecule has 2 aromatic rings. The Kier molecular flexibility index (Phi) is 10.1. The number of rotatable bonds is 13. The molecule has 0 spiro atoms. The number of ether oxygens (including phenoxy) is 4. The third-order valence-corrected chi connectivity index (χ3v) is 9.15. The zero-order valence-electron chi connectivity index (χ0n) is 23.0. The fourth-order valence-electron chi connectivity index (χ4n) is 5.22. The summed E-state index contributed by atoms with van der Waals surface area (Å²) in [6.07, 6.45) is 2.78. The summed E-state index contributed by atoms with van der Waals surface area (Å²) < 4.78 is 50.4. The number of nitrogens with zero attached hydrogens (tertiary/aromatic N) is 3. The second-order valence-corrected chi connectivity index (χ2v) is 12.2. The van der Waals surface area contributed by atoms with Crippen LogP contribution in [0, 0.1) is 11.3 Å². The highest BCUT2D eigenvalue weighted by Crippen LogP contribution is 2.34. The Labute approximate surface area is 232 Å². The summed E-state index contributed by atoms with van der Waals surface area (Å²) in [5.41, 5.74) is 1.60. The van der Waals surface area contributed by atoms with E-state index >= 15 is 0 Å². The van der Waals surface area contributed by atoms with Gasteiger partial charge in [0.15, 0.2) is 11.5 Å². The number of unbranched alkanes of at least 4 members (excludes halogenated alkanes) is 1. The Hall–Kier alpha value is -2.84. The van der Waals surface area contributed by atoms with Crippen molar-refractivity contribution in [2.24, 2.45) is 0 Å². The van der Waals surface area contributed by atoms with Crippen LogP contribution in [0.2, 0.25) is 0 Å². The predicted octanol–water partition coefficient (Wildman–Crippen LogP) is 3.99. The van der Waals surface area contributed by atoms with Crippen molar-refractivity contribution in [3.05, 3.63) is 53.6 Å². The van der Waals surface area contributed by atoms with Gasteiger partial charge in [-0.25, -0.2) is 8.42 Å². The van der Waals surface area contributed by atoms with Crippen LogP contribution in [0.3, 0.4) is 0 Å². The Morgan fingerprint density at radius 2 is 1.69 bits per heavy atom. The van der Waals surface area contributed by atoms with Crippen molar-refractivity contribution >= 4 is 10.0 Å². The molecule has 2 aromatic carbocycles. The van der Waals surface area contributed by atoms with Crippen molar-refractivity contribution < 1.29 is 27.4 Å². The zero-order valence-corrected chi connectivity index (χ0v) is 23.9. The van der Waals surface area contributed by atoms with Gasteiger partial charge < -0.3 is 18.9 Å². The van der Waals surface area contributed by atoms with E-state index in [4.69, 9.17) is 18.9 Å². The quantitative estimate of drug-likeness (QED) is 0.364. The molecule has 2 bridgehead atoms. The molecule has 0 aliphatic carbocycles. The highest BCUT2D eigenvalue weighted by molar-refractivity contribution is 7.89. The third-order valence-electron chi connectivity index (χ3n) is 7.26. The average Bonchev–Trinajstić information content (AvgIpc) is 2.95. The first-order valence-electron chi connectivity index (χ1n) is 13.6. The summed E-state index contributed by atoms with van der Waals surface area (Å²) in [6, 6.07) is 15.2. The van der Waals surface area contributed by atoms with Crippen LogP contribution in [0.5, 0.6) is 17.2 Å². The minimum atomic E-state index is -3.23. The number of sulfonamides is 1. The molecule has 2 saturated heterocycles. The van der Waals surface area contributed by atoms with E-state index < -0.39 is 10.0 Å². The van der Waals surface area contributed by atoms with Crippen LogP contribution in [0.1, 0.15) is 49.8 Å². The number of hydrogen-bond donors (Lipinski definition) is 0. The maximum Gasteiger partial charge on any atom is 0.214 e. The molecule has 4 rings (SSSR count). The number of morpholine rings is 2. The molecule has 2 aliphatic heterocycles. The summed E-state index contributed by atoms with van der Waals surface area (Å²) >= 11 is 0. The number of nitriles is 1. The van der Waals surface area contributed by atoms with Gasteiger partial charge in [-0.3, -0.25) is 4.90 Å². The van der Waals surface area contributed by atoms with Gasteiger partial charge >= 0.3 is 0 Å². The fourth-order valence-corrected chi connectivity index (χ4v) is 6.92. The molecule has 0 amide bonds. The van der Waals surface area contributed by atoms with Crippen LogP contribution in [0.15, 0.2) is 42.5 Å². The molecule has 9 nitrogen and oxygen atoms in total. The van der Waals surface area contributed by atoms with Crippen molar-refractivity contribution in [2.75, 3.05) is 52.7 Å². The predicted molar refractivity (Wildman–Crippen MR) is 149 cm³/mol. The molecule has 2 aliphatic rings. The van der Waals surface area contributed by atoms with Gasteiger partial charge in [0.2, 0.25) is 10.0 Å². The molecule has 0 saturated carbocycles.